The summed E-state index contributed by atoms with van der Waals surface area (Å²) in [4.78, 5) is 2.11. The number of para-hydroxylation sites is 1. The van der Waals surface area contributed by atoms with E-state index in [4.69, 9.17) is 5.73 Å². The van der Waals surface area contributed by atoms with Crippen molar-refractivity contribution in [2.24, 2.45) is 11.7 Å². The van der Waals surface area contributed by atoms with Crippen molar-refractivity contribution in [1.82, 2.24) is 0 Å². The highest BCUT2D eigenvalue weighted by atomic mass is 19.1. The molecule has 0 saturated heterocycles. The number of rotatable bonds is 6. The molecule has 1 atom stereocenters. The van der Waals surface area contributed by atoms with Gasteiger partial charge in [0.2, 0.25) is 0 Å². The quantitative estimate of drug-likeness (QED) is 0.842. The normalized spacial score (nSPS) is 12.8. The monoisotopic (exact) mass is 252 g/mol. The molecule has 0 aliphatic heterocycles. The second-order valence-electron chi connectivity index (χ2n) is 5.36. The lowest BCUT2D eigenvalue weighted by atomic mass is 10.0. The summed E-state index contributed by atoms with van der Waals surface area (Å²) >= 11 is 0. The Labute approximate surface area is 110 Å². The van der Waals surface area contributed by atoms with Gasteiger partial charge in [0.1, 0.15) is 5.82 Å². The summed E-state index contributed by atoms with van der Waals surface area (Å²) in [6.45, 7) is 9.98. The average Bonchev–Trinajstić information content (AvgIpc) is 2.25. The molecule has 1 aromatic carbocycles. The first-order chi connectivity index (χ1) is 8.45. The van der Waals surface area contributed by atoms with Crippen molar-refractivity contribution in [3.63, 3.8) is 0 Å². The highest BCUT2D eigenvalue weighted by molar-refractivity contribution is 5.55. The minimum Gasteiger partial charge on any atom is -0.369 e. The molecule has 0 bridgehead atoms. The fourth-order valence-electron chi connectivity index (χ4n) is 2.25. The van der Waals surface area contributed by atoms with Crippen LogP contribution in [-0.2, 0) is 6.42 Å². The van der Waals surface area contributed by atoms with Crippen LogP contribution in [0.2, 0.25) is 0 Å². The van der Waals surface area contributed by atoms with E-state index in [0.29, 0.717) is 12.3 Å². The molecule has 102 valence electrons. The van der Waals surface area contributed by atoms with Gasteiger partial charge in [-0.2, -0.15) is 0 Å². The van der Waals surface area contributed by atoms with E-state index in [-0.39, 0.29) is 11.9 Å². The summed E-state index contributed by atoms with van der Waals surface area (Å²) in [5.41, 5.74) is 7.58. The Balaban J connectivity index is 3.09. The van der Waals surface area contributed by atoms with E-state index < -0.39 is 0 Å². The third-order valence-electron chi connectivity index (χ3n) is 2.90. The molecule has 0 radical (unpaired) electrons. The molecular weight excluding hydrogens is 227 g/mol. The van der Waals surface area contributed by atoms with Gasteiger partial charge >= 0.3 is 0 Å². The minimum absolute atomic E-state index is 0.0447. The molecule has 2 nitrogen and oxygen atoms in total. The smallest absolute Gasteiger partial charge is 0.146 e. The Hall–Kier alpha value is -1.09. The Morgan fingerprint density at radius 2 is 1.94 bits per heavy atom. The van der Waals surface area contributed by atoms with Crippen LogP contribution in [0.5, 0.6) is 0 Å². The van der Waals surface area contributed by atoms with E-state index in [1.165, 1.54) is 6.07 Å². The lowest BCUT2D eigenvalue weighted by Crippen LogP contribution is -2.30. The maximum absolute atomic E-state index is 14.1. The predicted octanol–water partition coefficient (Wildman–Crippen LogP) is 3.20. The molecule has 1 rings (SSSR count). The molecule has 0 amide bonds. The van der Waals surface area contributed by atoms with Gasteiger partial charge in [0.25, 0.3) is 0 Å². The van der Waals surface area contributed by atoms with Crippen LogP contribution >= 0.6 is 0 Å². The zero-order valence-corrected chi connectivity index (χ0v) is 11.9. The Bertz CT molecular complexity index is 375. The third-order valence-corrected chi connectivity index (χ3v) is 2.90. The van der Waals surface area contributed by atoms with Crippen molar-refractivity contribution in [2.45, 2.75) is 40.2 Å². The van der Waals surface area contributed by atoms with Gasteiger partial charge in [0.15, 0.2) is 0 Å². The summed E-state index contributed by atoms with van der Waals surface area (Å²) in [5.74, 6) is 0.364. The van der Waals surface area contributed by atoms with Crippen LogP contribution in [0.15, 0.2) is 18.2 Å². The van der Waals surface area contributed by atoms with E-state index in [0.717, 1.165) is 24.3 Å². The van der Waals surface area contributed by atoms with Gasteiger partial charge in [-0.3, -0.25) is 0 Å². The molecule has 2 N–H and O–H groups in total. The van der Waals surface area contributed by atoms with Gasteiger partial charge in [0, 0.05) is 19.1 Å². The average molecular weight is 252 g/mol. The van der Waals surface area contributed by atoms with Crippen LogP contribution in [-0.4, -0.2) is 19.1 Å². The van der Waals surface area contributed by atoms with Crippen molar-refractivity contribution >= 4 is 5.69 Å². The van der Waals surface area contributed by atoms with Crippen molar-refractivity contribution in [3.8, 4) is 0 Å². The first-order valence-electron chi connectivity index (χ1n) is 6.73. The summed E-state index contributed by atoms with van der Waals surface area (Å²) in [5, 5.41) is 0. The fraction of sp³-hybridized carbons (Fsp3) is 0.600. The molecule has 1 aromatic rings. The maximum Gasteiger partial charge on any atom is 0.146 e. The maximum atomic E-state index is 14.1. The van der Waals surface area contributed by atoms with Crippen LogP contribution < -0.4 is 10.6 Å². The highest BCUT2D eigenvalue weighted by Gasteiger charge is 2.16. The predicted molar refractivity (Wildman–Crippen MR) is 76.5 cm³/mol. The summed E-state index contributed by atoms with van der Waals surface area (Å²) < 4.78 is 14.1. The fourth-order valence-corrected chi connectivity index (χ4v) is 2.25. The number of nitrogens with zero attached hydrogens (tertiary/aromatic N) is 1. The van der Waals surface area contributed by atoms with Crippen molar-refractivity contribution in [3.05, 3.63) is 29.6 Å². The molecule has 0 spiro atoms. The summed E-state index contributed by atoms with van der Waals surface area (Å²) in [6, 6.07) is 5.32. The van der Waals surface area contributed by atoms with E-state index in [9.17, 15) is 4.39 Å². The van der Waals surface area contributed by atoms with Crippen LogP contribution in [0, 0.1) is 11.7 Å². The molecule has 1 unspecified atom stereocenters. The summed E-state index contributed by atoms with van der Waals surface area (Å²) in [6.07, 6.45) is 0.710. The van der Waals surface area contributed by atoms with Crippen LogP contribution in [0.1, 0.15) is 33.3 Å². The van der Waals surface area contributed by atoms with Crippen LogP contribution in [0.25, 0.3) is 0 Å². The van der Waals surface area contributed by atoms with E-state index in [2.05, 4.69) is 25.7 Å². The number of hydrogen-bond acceptors (Lipinski definition) is 2. The molecule has 18 heavy (non-hydrogen) atoms. The van der Waals surface area contributed by atoms with E-state index in [1.807, 2.05) is 13.0 Å². The molecular formula is C15H25FN2. The van der Waals surface area contributed by atoms with Gasteiger partial charge in [-0.1, -0.05) is 26.0 Å². The van der Waals surface area contributed by atoms with Crippen molar-refractivity contribution < 1.29 is 4.39 Å². The van der Waals surface area contributed by atoms with Gasteiger partial charge < -0.3 is 10.6 Å². The molecule has 0 saturated carbocycles. The van der Waals surface area contributed by atoms with Gasteiger partial charge in [-0.25, -0.2) is 4.39 Å². The molecule has 0 aromatic heterocycles. The van der Waals surface area contributed by atoms with Crippen molar-refractivity contribution in [1.29, 1.82) is 0 Å². The second kappa shape index (κ2) is 6.74. The number of nitrogens with two attached hydrogens (primary N) is 1. The molecule has 0 aliphatic rings. The lowest BCUT2D eigenvalue weighted by Gasteiger charge is -2.28. The van der Waals surface area contributed by atoms with Crippen LogP contribution in [0.4, 0.5) is 10.1 Å². The standard InChI is InChI=1S/C15H25FN2/c1-5-18(10-11(2)3)15-13(9-12(4)17)7-6-8-14(15)16/h6-8,11-12H,5,9-10,17H2,1-4H3. The highest BCUT2D eigenvalue weighted by Crippen LogP contribution is 2.26. The molecule has 0 aliphatic carbocycles. The number of benzene rings is 1. The topological polar surface area (TPSA) is 29.3 Å². The molecule has 3 heteroatoms. The van der Waals surface area contributed by atoms with E-state index >= 15 is 0 Å². The zero-order chi connectivity index (χ0) is 13.7. The van der Waals surface area contributed by atoms with Gasteiger partial charge in [-0.05, 0) is 37.8 Å². The van der Waals surface area contributed by atoms with Crippen LogP contribution in [0.3, 0.4) is 0 Å². The third kappa shape index (κ3) is 3.98. The SMILES string of the molecule is CCN(CC(C)C)c1c(F)cccc1CC(C)N. The number of anilines is 1. The first kappa shape index (κ1) is 15.0. The van der Waals surface area contributed by atoms with E-state index in [1.54, 1.807) is 6.07 Å². The Morgan fingerprint density at radius 3 is 2.44 bits per heavy atom. The Morgan fingerprint density at radius 1 is 1.28 bits per heavy atom. The molecule has 0 fully saturated rings. The zero-order valence-electron chi connectivity index (χ0n) is 11.9. The minimum atomic E-state index is -0.143. The number of halogens is 1. The second-order valence-corrected chi connectivity index (χ2v) is 5.36. The largest absolute Gasteiger partial charge is 0.369 e. The van der Waals surface area contributed by atoms with Gasteiger partial charge in [-0.15, -0.1) is 0 Å². The van der Waals surface area contributed by atoms with Crippen molar-refractivity contribution in [2.75, 3.05) is 18.0 Å². The Kier molecular flexibility index (Phi) is 5.60. The summed E-state index contributed by atoms with van der Waals surface area (Å²) in [7, 11) is 0. The first-order valence-corrected chi connectivity index (χ1v) is 6.73. The molecule has 0 heterocycles. The lowest BCUT2D eigenvalue weighted by molar-refractivity contribution is 0.581. The van der Waals surface area contributed by atoms with Gasteiger partial charge in [0.05, 0.1) is 5.69 Å². The number of hydrogen-bond donors (Lipinski definition) is 1.